The summed E-state index contributed by atoms with van der Waals surface area (Å²) in [6.45, 7) is 6.74. The first-order chi connectivity index (χ1) is 7.36. The molecular weight excluding hydrogens is 202 g/mol. The lowest BCUT2D eigenvalue weighted by molar-refractivity contribution is -0.143. The Morgan fingerprint density at radius 3 is 2.06 bits per heavy atom. The van der Waals surface area contributed by atoms with Crippen LogP contribution in [0.5, 0.6) is 0 Å². The minimum absolute atomic E-state index is 0.103. The van der Waals surface area contributed by atoms with E-state index in [2.05, 4.69) is 26.1 Å². The highest BCUT2D eigenvalue weighted by Crippen LogP contribution is 2.36. The third kappa shape index (κ3) is 3.21. The van der Waals surface area contributed by atoms with Gasteiger partial charge in [0.2, 0.25) is 0 Å². The van der Waals surface area contributed by atoms with Crippen molar-refractivity contribution in [1.29, 1.82) is 0 Å². The van der Waals surface area contributed by atoms with E-state index < -0.39 is 5.97 Å². The Bertz CT molecular complexity index is 237. The summed E-state index contributed by atoms with van der Waals surface area (Å²) in [6, 6.07) is 0.488. The van der Waals surface area contributed by atoms with E-state index >= 15 is 0 Å². The molecule has 0 amide bonds. The Hall–Kier alpha value is -0.570. The van der Waals surface area contributed by atoms with Gasteiger partial charge in [-0.1, -0.05) is 20.8 Å². The fraction of sp³-hybridized carbons (Fsp3) is 0.923. The average molecular weight is 227 g/mol. The molecule has 1 saturated carbocycles. The quantitative estimate of drug-likeness (QED) is 0.779. The molecular formula is C13H25NO2. The van der Waals surface area contributed by atoms with Crippen molar-refractivity contribution < 1.29 is 9.90 Å². The van der Waals surface area contributed by atoms with E-state index in [1.165, 1.54) is 0 Å². The first-order valence-corrected chi connectivity index (χ1v) is 6.26. The maximum Gasteiger partial charge on any atom is 0.306 e. The van der Waals surface area contributed by atoms with Crippen LogP contribution in [0.15, 0.2) is 0 Å². The van der Waals surface area contributed by atoms with Gasteiger partial charge in [0.15, 0.2) is 0 Å². The zero-order valence-electron chi connectivity index (χ0n) is 10.9. The predicted octanol–water partition coefficient (Wildman–Crippen LogP) is 2.51. The fourth-order valence-corrected chi connectivity index (χ4v) is 3.08. The monoisotopic (exact) mass is 227 g/mol. The summed E-state index contributed by atoms with van der Waals surface area (Å²) in [5.74, 6) is -0.0930. The summed E-state index contributed by atoms with van der Waals surface area (Å²) in [4.78, 5) is 10.9. The third-order valence-electron chi connectivity index (χ3n) is 3.84. The smallest absolute Gasteiger partial charge is 0.306 e. The Kier molecular flexibility index (Phi) is 4.36. The Balaban J connectivity index is 2.55. The number of nitrogens with one attached hydrogen (secondary N) is 1. The maximum atomic E-state index is 10.9. The minimum atomic E-state index is -0.616. The fourth-order valence-electron chi connectivity index (χ4n) is 3.08. The second-order valence-corrected chi connectivity index (χ2v) is 6.08. The topological polar surface area (TPSA) is 49.3 Å². The van der Waals surface area contributed by atoms with Crippen molar-refractivity contribution in [3.63, 3.8) is 0 Å². The van der Waals surface area contributed by atoms with Gasteiger partial charge >= 0.3 is 5.97 Å². The first kappa shape index (κ1) is 13.5. The number of carboxylic acids is 1. The van der Waals surface area contributed by atoms with Crippen LogP contribution < -0.4 is 5.32 Å². The van der Waals surface area contributed by atoms with Crippen LogP contribution in [0.2, 0.25) is 0 Å². The van der Waals surface area contributed by atoms with Gasteiger partial charge in [-0.05, 0) is 44.1 Å². The largest absolute Gasteiger partial charge is 0.481 e. The highest BCUT2D eigenvalue weighted by Gasteiger charge is 2.35. The van der Waals surface area contributed by atoms with Crippen LogP contribution in [0.4, 0.5) is 0 Å². The number of hydrogen-bond donors (Lipinski definition) is 2. The Morgan fingerprint density at radius 1 is 1.25 bits per heavy atom. The molecule has 2 N–H and O–H groups in total. The Labute approximate surface area is 98.6 Å². The number of carbonyl (C=O) groups is 1. The highest BCUT2D eigenvalue weighted by atomic mass is 16.4. The van der Waals surface area contributed by atoms with E-state index in [1.54, 1.807) is 0 Å². The molecule has 1 atom stereocenters. The number of hydrogen-bond acceptors (Lipinski definition) is 2. The molecule has 1 fully saturated rings. The van der Waals surface area contributed by atoms with Gasteiger partial charge in [-0.2, -0.15) is 0 Å². The van der Waals surface area contributed by atoms with E-state index in [0.717, 1.165) is 25.7 Å². The van der Waals surface area contributed by atoms with Crippen molar-refractivity contribution in [3.8, 4) is 0 Å². The van der Waals surface area contributed by atoms with Gasteiger partial charge in [0.1, 0.15) is 0 Å². The van der Waals surface area contributed by atoms with Crippen molar-refractivity contribution in [1.82, 2.24) is 5.32 Å². The molecule has 0 aromatic rings. The Morgan fingerprint density at radius 2 is 1.75 bits per heavy atom. The van der Waals surface area contributed by atoms with Crippen LogP contribution in [0.1, 0.15) is 46.5 Å². The van der Waals surface area contributed by atoms with Crippen LogP contribution in [0.25, 0.3) is 0 Å². The summed E-state index contributed by atoms with van der Waals surface area (Å²) in [5.41, 5.74) is 0.246. The van der Waals surface area contributed by atoms with Gasteiger partial charge in [-0.15, -0.1) is 0 Å². The molecule has 94 valence electrons. The van der Waals surface area contributed by atoms with Crippen LogP contribution in [-0.2, 0) is 4.79 Å². The third-order valence-corrected chi connectivity index (χ3v) is 3.84. The molecule has 1 rings (SSSR count). The zero-order chi connectivity index (χ0) is 12.3. The van der Waals surface area contributed by atoms with E-state index in [9.17, 15) is 4.79 Å². The lowest BCUT2D eigenvalue weighted by atomic mass is 9.71. The second kappa shape index (κ2) is 5.17. The molecule has 0 aromatic carbocycles. The average Bonchev–Trinajstić information content (AvgIpc) is 2.17. The van der Waals surface area contributed by atoms with E-state index in [1.807, 2.05) is 7.05 Å². The molecule has 1 aliphatic rings. The predicted molar refractivity (Wildman–Crippen MR) is 65.4 cm³/mol. The molecule has 16 heavy (non-hydrogen) atoms. The lowest BCUT2D eigenvalue weighted by Gasteiger charge is -2.40. The molecule has 0 radical (unpaired) electrons. The molecule has 3 heteroatoms. The molecule has 0 saturated heterocycles. The second-order valence-electron chi connectivity index (χ2n) is 6.08. The summed E-state index contributed by atoms with van der Waals surface area (Å²) in [5, 5.41) is 12.4. The van der Waals surface area contributed by atoms with Crippen molar-refractivity contribution in [2.75, 3.05) is 7.05 Å². The molecule has 1 aliphatic carbocycles. The van der Waals surface area contributed by atoms with E-state index in [0.29, 0.717) is 12.0 Å². The zero-order valence-corrected chi connectivity index (χ0v) is 10.9. The standard InChI is InChI=1S/C13H25NO2/c1-13(2,3)11(14-4)9-5-7-10(8-6-9)12(15)16/h9-11,14H,5-8H2,1-4H3,(H,15,16). The molecule has 0 aromatic heterocycles. The van der Waals surface area contributed by atoms with Gasteiger partial charge in [0.05, 0.1) is 5.92 Å². The lowest BCUT2D eigenvalue weighted by Crippen LogP contribution is -2.45. The molecule has 0 spiro atoms. The highest BCUT2D eigenvalue weighted by molar-refractivity contribution is 5.69. The van der Waals surface area contributed by atoms with Crippen molar-refractivity contribution in [2.45, 2.75) is 52.5 Å². The van der Waals surface area contributed by atoms with Gasteiger partial charge < -0.3 is 10.4 Å². The number of carboxylic acid groups (broad SMARTS) is 1. The van der Waals surface area contributed by atoms with E-state index in [4.69, 9.17) is 5.11 Å². The molecule has 0 bridgehead atoms. The van der Waals surface area contributed by atoms with Crippen LogP contribution in [-0.4, -0.2) is 24.2 Å². The van der Waals surface area contributed by atoms with Crippen molar-refractivity contribution in [2.24, 2.45) is 17.3 Å². The maximum absolute atomic E-state index is 10.9. The van der Waals surface area contributed by atoms with Crippen LogP contribution in [0.3, 0.4) is 0 Å². The summed E-state index contributed by atoms with van der Waals surface area (Å²) in [6.07, 6.45) is 3.77. The van der Waals surface area contributed by atoms with Crippen molar-refractivity contribution >= 4 is 5.97 Å². The van der Waals surface area contributed by atoms with Crippen LogP contribution in [0, 0.1) is 17.3 Å². The number of rotatable bonds is 3. The molecule has 3 nitrogen and oxygen atoms in total. The SMILES string of the molecule is CNC(C1CCC(C(=O)O)CC1)C(C)(C)C. The van der Waals surface area contributed by atoms with Crippen molar-refractivity contribution in [3.05, 3.63) is 0 Å². The summed E-state index contributed by atoms with van der Waals surface area (Å²) < 4.78 is 0. The van der Waals surface area contributed by atoms with Gasteiger partial charge in [-0.3, -0.25) is 4.79 Å². The normalized spacial score (nSPS) is 28.8. The number of aliphatic carboxylic acids is 1. The van der Waals surface area contributed by atoms with Gasteiger partial charge in [0, 0.05) is 6.04 Å². The van der Waals surface area contributed by atoms with Crippen LogP contribution >= 0.6 is 0 Å². The van der Waals surface area contributed by atoms with Gasteiger partial charge in [0.25, 0.3) is 0 Å². The first-order valence-electron chi connectivity index (χ1n) is 6.26. The summed E-state index contributed by atoms with van der Waals surface area (Å²) in [7, 11) is 2.01. The van der Waals surface area contributed by atoms with E-state index in [-0.39, 0.29) is 11.3 Å². The summed E-state index contributed by atoms with van der Waals surface area (Å²) >= 11 is 0. The minimum Gasteiger partial charge on any atom is -0.481 e. The molecule has 1 unspecified atom stereocenters. The van der Waals surface area contributed by atoms with Gasteiger partial charge in [-0.25, -0.2) is 0 Å². The molecule has 0 heterocycles. The molecule has 0 aliphatic heterocycles.